The predicted octanol–water partition coefficient (Wildman–Crippen LogP) is 6.38. The van der Waals surface area contributed by atoms with E-state index in [0.29, 0.717) is 16.6 Å². The molecule has 5 rings (SSSR count). The van der Waals surface area contributed by atoms with Crippen LogP contribution in [0.3, 0.4) is 0 Å². The summed E-state index contributed by atoms with van der Waals surface area (Å²) in [5, 5.41) is 6.66. The lowest BCUT2D eigenvalue weighted by atomic mass is 10.1. The molecule has 2 N–H and O–H groups in total. The summed E-state index contributed by atoms with van der Waals surface area (Å²) in [6.07, 6.45) is 0. The zero-order valence-corrected chi connectivity index (χ0v) is 25.2. The Kier molecular flexibility index (Phi) is 9.16. The van der Waals surface area contributed by atoms with Crippen LogP contribution in [0.5, 0.6) is 0 Å². The lowest BCUT2D eigenvalue weighted by Gasteiger charge is -2.17. The molecule has 0 saturated heterocycles. The fraction of sp³-hybridized carbons (Fsp3) is 0.147. The molecule has 0 fully saturated rings. The molecule has 1 aromatic heterocycles. The van der Waals surface area contributed by atoms with Gasteiger partial charge in [0, 0.05) is 12.2 Å². The SMILES string of the molecule is CCNc1ccc(/N=C(\C(=O)Nc2cc(C(=O)OC)ccc2Cl)c2nc3ccccc3c(=O)n2Cc2ccccc2)c(C)c1. The summed E-state index contributed by atoms with van der Waals surface area (Å²) in [5.74, 6) is -1.19. The molecular weight excluding hydrogens is 578 g/mol. The number of hydrogen-bond donors (Lipinski definition) is 2. The van der Waals surface area contributed by atoms with Crippen LogP contribution in [-0.4, -0.2) is 40.8 Å². The number of carbonyl (C=O) groups excluding carboxylic acids is 2. The Bertz CT molecular complexity index is 1950. The highest BCUT2D eigenvalue weighted by molar-refractivity contribution is 6.49. The van der Waals surface area contributed by atoms with Gasteiger partial charge in [-0.05, 0) is 73.5 Å². The quantitative estimate of drug-likeness (QED) is 0.148. The summed E-state index contributed by atoms with van der Waals surface area (Å²) >= 11 is 6.43. The van der Waals surface area contributed by atoms with E-state index >= 15 is 0 Å². The number of anilines is 2. The third-order valence-corrected chi connectivity index (χ3v) is 7.25. The van der Waals surface area contributed by atoms with Crippen LogP contribution in [0.2, 0.25) is 5.02 Å². The van der Waals surface area contributed by atoms with Crippen molar-refractivity contribution in [3.63, 3.8) is 0 Å². The number of ether oxygens (including phenoxy) is 1. The van der Waals surface area contributed by atoms with Gasteiger partial charge in [-0.2, -0.15) is 0 Å². The number of para-hydroxylation sites is 1. The number of fused-ring (bicyclic) bond motifs is 1. The number of carbonyl (C=O) groups is 2. The number of rotatable bonds is 9. The van der Waals surface area contributed by atoms with Crippen molar-refractivity contribution in [3.8, 4) is 0 Å². The molecule has 1 heterocycles. The number of hydrogen-bond acceptors (Lipinski definition) is 7. The maximum Gasteiger partial charge on any atom is 0.337 e. The first-order chi connectivity index (χ1) is 21.3. The van der Waals surface area contributed by atoms with Crippen LogP contribution >= 0.6 is 11.6 Å². The minimum Gasteiger partial charge on any atom is -0.465 e. The minimum absolute atomic E-state index is 0.0745. The number of esters is 1. The van der Waals surface area contributed by atoms with Crippen molar-refractivity contribution in [1.82, 2.24) is 9.55 Å². The first-order valence-electron chi connectivity index (χ1n) is 13.9. The van der Waals surface area contributed by atoms with Crippen LogP contribution in [0.15, 0.2) is 101 Å². The average molecular weight is 608 g/mol. The van der Waals surface area contributed by atoms with Crippen molar-refractivity contribution in [1.29, 1.82) is 0 Å². The minimum atomic E-state index is -0.673. The molecule has 0 radical (unpaired) electrons. The molecule has 222 valence electrons. The Morgan fingerprint density at radius 1 is 0.977 bits per heavy atom. The molecule has 44 heavy (non-hydrogen) atoms. The van der Waals surface area contributed by atoms with Gasteiger partial charge in [-0.15, -0.1) is 0 Å². The van der Waals surface area contributed by atoms with Gasteiger partial charge in [0.05, 0.1) is 46.5 Å². The van der Waals surface area contributed by atoms with Gasteiger partial charge in [0.2, 0.25) is 0 Å². The Morgan fingerprint density at radius 3 is 2.45 bits per heavy atom. The van der Waals surface area contributed by atoms with E-state index in [9.17, 15) is 14.4 Å². The molecule has 0 aliphatic carbocycles. The van der Waals surface area contributed by atoms with Gasteiger partial charge in [-0.3, -0.25) is 14.2 Å². The Balaban J connectivity index is 1.72. The van der Waals surface area contributed by atoms with Crippen LogP contribution in [0.25, 0.3) is 10.9 Å². The third-order valence-electron chi connectivity index (χ3n) is 6.92. The Labute approximate surface area is 259 Å². The molecule has 0 saturated carbocycles. The topological polar surface area (TPSA) is 115 Å². The highest BCUT2D eigenvalue weighted by Gasteiger charge is 2.24. The number of aromatic nitrogens is 2. The van der Waals surface area contributed by atoms with E-state index < -0.39 is 11.9 Å². The molecule has 0 aliphatic rings. The van der Waals surface area contributed by atoms with Crippen LogP contribution in [0, 0.1) is 6.92 Å². The fourth-order valence-electron chi connectivity index (χ4n) is 4.73. The van der Waals surface area contributed by atoms with Crippen molar-refractivity contribution in [2.24, 2.45) is 4.99 Å². The van der Waals surface area contributed by atoms with E-state index in [0.717, 1.165) is 23.4 Å². The maximum absolute atomic E-state index is 14.2. The van der Waals surface area contributed by atoms with Crippen molar-refractivity contribution in [2.75, 3.05) is 24.3 Å². The molecule has 0 aliphatic heterocycles. The second-order valence-electron chi connectivity index (χ2n) is 9.96. The zero-order chi connectivity index (χ0) is 31.2. The molecule has 10 heteroatoms. The van der Waals surface area contributed by atoms with Crippen LogP contribution in [0.1, 0.15) is 34.2 Å². The number of halogens is 1. The number of methoxy groups -OCH3 is 1. The van der Waals surface area contributed by atoms with Crippen LogP contribution in [0.4, 0.5) is 17.1 Å². The van der Waals surface area contributed by atoms with Crippen LogP contribution in [-0.2, 0) is 16.1 Å². The number of aryl methyl sites for hydroxylation is 1. The molecular formula is C34H30ClN5O4. The second-order valence-corrected chi connectivity index (χ2v) is 10.4. The van der Waals surface area contributed by atoms with Gasteiger partial charge >= 0.3 is 5.97 Å². The van der Waals surface area contributed by atoms with E-state index in [4.69, 9.17) is 26.3 Å². The fourth-order valence-corrected chi connectivity index (χ4v) is 4.89. The Morgan fingerprint density at radius 2 is 1.73 bits per heavy atom. The zero-order valence-electron chi connectivity index (χ0n) is 24.4. The van der Waals surface area contributed by atoms with Gasteiger partial charge in [-0.25, -0.2) is 14.8 Å². The van der Waals surface area contributed by atoms with Gasteiger partial charge in [0.15, 0.2) is 11.5 Å². The second kappa shape index (κ2) is 13.4. The molecule has 5 aromatic rings. The molecule has 0 atom stereocenters. The number of nitrogens with one attached hydrogen (secondary N) is 2. The smallest absolute Gasteiger partial charge is 0.337 e. The van der Waals surface area contributed by atoms with E-state index in [-0.39, 0.29) is 39.9 Å². The largest absolute Gasteiger partial charge is 0.465 e. The lowest BCUT2D eigenvalue weighted by Crippen LogP contribution is -2.34. The molecule has 1 amide bonds. The van der Waals surface area contributed by atoms with Gasteiger partial charge in [-0.1, -0.05) is 54.1 Å². The molecule has 0 bridgehead atoms. The summed E-state index contributed by atoms with van der Waals surface area (Å²) < 4.78 is 6.28. The van der Waals surface area contributed by atoms with E-state index in [1.807, 2.05) is 56.3 Å². The van der Waals surface area contributed by atoms with E-state index in [1.54, 1.807) is 30.3 Å². The number of nitrogens with zero attached hydrogens (tertiary/aromatic N) is 3. The van der Waals surface area contributed by atoms with Gasteiger partial charge in [0.1, 0.15) is 0 Å². The first-order valence-corrected chi connectivity index (χ1v) is 14.3. The molecule has 0 unspecified atom stereocenters. The lowest BCUT2D eigenvalue weighted by molar-refractivity contribution is -0.110. The van der Waals surface area contributed by atoms with Crippen LogP contribution < -0.4 is 16.2 Å². The molecule has 0 spiro atoms. The van der Waals surface area contributed by atoms with E-state index in [1.165, 1.54) is 29.9 Å². The van der Waals surface area contributed by atoms with E-state index in [2.05, 4.69) is 10.6 Å². The van der Waals surface area contributed by atoms with Crippen molar-refractivity contribution < 1.29 is 14.3 Å². The average Bonchev–Trinajstić information content (AvgIpc) is 3.03. The third kappa shape index (κ3) is 6.53. The molecule has 9 nitrogen and oxygen atoms in total. The summed E-state index contributed by atoms with van der Waals surface area (Å²) in [6.45, 7) is 4.78. The summed E-state index contributed by atoms with van der Waals surface area (Å²) in [7, 11) is 1.26. The molecule has 4 aromatic carbocycles. The number of aliphatic imine (C=N–C) groups is 1. The maximum atomic E-state index is 14.2. The first kappa shape index (κ1) is 30.2. The van der Waals surface area contributed by atoms with Crippen molar-refractivity contribution in [3.05, 3.63) is 129 Å². The highest BCUT2D eigenvalue weighted by atomic mass is 35.5. The van der Waals surface area contributed by atoms with Crippen molar-refractivity contribution in [2.45, 2.75) is 20.4 Å². The summed E-state index contributed by atoms with van der Waals surface area (Å²) in [5.41, 5.74) is 3.43. The normalized spacial score (nSPS) is 11.3. The van der Waals surface area contributed by atoms with Crippen molar-refractivity contribution >= 4 is 57.2 Å². The monoisotopic (exact) mass is 607 g/mol. The van der Waals surface area contributed by atoms with Gasteiger partial charge < -0.3 is 15.4 Å². The van der Waals surface area contributed by atoms with Gasteiger partial charge in [0.25, 0.3) is 11.5 Å². The highest BCUT2D eigenvalue weighted by Crippen LogP contribution is 2.26. The predicted molar refractivity (Wildman–Crippen MR) is 175 cm³/mol. The standard InChI is InChI=1S/C34H30ClN5O4/c1-4-36-24-15-17-27(21(2)18-24)37-30(32(41)39-29-19-23(34(43)44-3)14-16-26(29)35)31-38-28-13-9-8-12-25(28)33(42)40(31)20-22-10-6-5-7-11-22/h5-19,36H,4,20H2,1-3H3,(H,39,41)/b37-30-. The Hall–Kier alpha value is -5.28. The summed E-state index contributed by atoms with van der Waals surface area (Å²) in [6, 6.07) is 26.4. The summed E-state index contributed by atoms with van der Waals surface area (Å²) in [4.78, 5) is 49.9. The number of benzene rings is 4. The number of amides is 1.